The molecule has 3 aromatic carbocycles. The van der Waals surface area contributed by atoms with Crippen LogP contribution in [0.1, 0.15) is 23.6 Å². The van der Waals surface area contributed by atoms with Gasteiger partial charge in [-0.05, 0) is 77.3 Å². The van der Waals surface area contributed by atoms with Crippen LogP contribution in [0.3, 0.4) is 0 Å². The average Bonchev–Trinajstić information content (AvgIpc) is 3.11. The summed E-state index contributed by atoms with van der Waals surface area (Å²) in [5.41, 5.74) is 3.24. The largest absolute Gasteiger partial charge is 0.489 e. The van der Waals surface area contributed by atoms with Crippen molar-refractivity contribution in [3.8, 4) is 5.75 Å². The minimum absolute atomic E-state index is 0.228. The number of nitrogens with one attached hydrogen (secondary N) is 1. The summed E-state index contributed by atoms with van der Waals surface area (Å²) in [5, 5.41) is 2.21. The normalized spacial score (nSPS) is 14.5. The topological polar surface area (TPSA) is 75.7 Å². The van der Waals surface area contributed by atoms with Gasteiger partial charge in [-0.15, -0.1) is 0 Å². The highest BCUT2D eigenvalue weighted by molar-refractivity contribution is 8.18. The fraction of sp³-hybridized carbons (Fsp3) is 0.148. The molecular weight excluding hydrogens is 467 g/mol. The van der Waals surface area contributed by atoms with Crippen molar-refractivity contribution in [1.29, 1.82) is 0 Å². The van der Waals surface area contributed by atoms with Gasteiger partial charge in [-0.3, -0.25) is 19.3 Å². The Morgan fingerprint density at radius 2 is 1.74 bits per heavy atom. The van der Waals surface area contributed by atoms with E-state index in [1.165, 1.54) is 12.1 Å². The molecule has 1 heterocycles. The van der Waals surface area contributed by atoms with E-state index in [1.807, 2.05) is 19.1 Å². The Morgan fingerprint density at radius 1 is 1.03 bits per heavy atom. The number of halogens is 1. The average molecular weight is 491 g/mol. The van der Waals surface area contributed by atoms with Crippen molar-refractivity contribution in [1.82, 2.24) is 4.90 Å². The van der Waals surface area contributed by atoms with E-state index < -0.39 is 17.1 Å². The van der Waals surface area contributed by atoms with Crippen LogP contribution in [0.2, 0.25) is 0 Å². The van der Waals surface area contributed by atoms with Crippen LogP contribution in [-0.4, -0.2) is 28.5 Å². The molecule has 1 aliphatic heterocycles. The van der Waals surface area contributed by atoms with E-state index in [9.17, 15) is 18.8 Å². The van der Waals surface area contributed by atoms with Gasteiger partial charge in [0.05, 0.1) is 4.91 Å². The summed E-state index contributed by atoms with van der Waals surface area (Å²) in [7, 11) is 0. The number of nitrogens with zero attached hydrogens (tertiary/aromatic N) is 1. The number of hydrogen-bond donors (Lipinski definition) is 1. The predicted molar refractivity (Wildman–Crippen MR) is 134 cm³/mol. The highest BCUT2D eigenvalue weighted by Gasteiger charge is 2.36. The molecule has 0 bridgehead atoms. The van der Waals surface area contributed by atoms with Crippen LogP contribution in [0.15, 0.2) is 77.7 Å². The number of anilines is 1. The third-order valence-corrected chi connectivity index (χ3v) is 6.20. The van der Waals surface area contributed by atoms with Crippen molar-refractivity contribution in [3.05, 3.63) is 100 Å². The lowest BCUT2D eigenvalue weighted by Gasteiger charge is -2.12. The first kappa shape index (κ1) is 24.2. The van der Waals surface area contributed by atoms with Gasteiger partial charge < -0.3 is 10.1 Å². The Hall–Kier alpha value is -3.91. The first-order chi connectivity index (χ1) is 16.9. The molecule has 6 nitrogen and oxygen atoms in total. The molecule has 0 aliphatic carbocycles. The molecule has 35 heavy (non-hydrogen) atoms. The molecular formula is C27H23FN2O4S. The van der Waals surface area contributed by atoms with Gasteiger partial charge in [0.15, 0.2) is 0 Å². The Morgan fingerprint density at radius 3 is 2.46 bits per heavy atom. The van der Waals surface area contributed by atoms with Crippen molar-refractivity contribution in [2.75, 3.05) is 11.9 Å². The third-order valence-electron chi connectivity index (χ3n) is 5.30. The second kappa shape index (κ2) is 11.0. The van der Waals surface area contributed by atoms with Gasteiger partial charge >= 0.3 is 0 Å². The maximum atomic E-state index is 13.1. The molecule has 1 aliphatic rings. The first-order valence-corrected chi connectivity index (χ1v) is 11.8. The number of ether oxygens (including phenoxy) is 1. The minimum atomic E-state index is -0.519. The summed E-state index contributed by atoms with van der Waals surface area (Å²) >= 11 is 0.789. The van der Waals surface area contributed by atoms with Gasteiger partial charge in [0, 0.05) is 5.69 Å². The standard InChI is InChI=1S/C27H23FN2O4S/c1-2-18-8-12-22(13-9-18)29-25(31)16-30-26(32)24(35-27(30)33)15-20-4-3-5-23(14-20)34-17-19-6-10-21(28)11-7-19/h3-15H,2,16-17H2,1H3,(H,29,31)/b24-15+. The number of carbonyl (C=O) groups excluding carboxylic acids is 3. The van der Waals surface area contributed by atoms with Crippen LogP contribution < -0.4 is 10.1 Å². The lowest BCUT2D eigenvalue weighted by molar-refractivity contribution is -0.127. The maximum Gasteiger partial charge on any atom is 0.294 e. The van der Waals surface area contributed by atoms with Gasteiger partial charge in [-0.25, -0.2) is 4.39 Å². The molecule has 8 heteroatoms. The Bertz CT molecular complexity index is 1270. The molecule has 1 saturated heterocycles. The number of rotatable bonds is 8. The zero-order chi connectivity index (χ0) is 24.8. The third kappa shape index (κ3) is 6.36. The lowest BCUT2D eigenvalue weighted by Crippen LogP contribution is -2.36. The van der Waals surface area contributed by atoms with Crippen LogP contribution in [-0.2, 0) is 22.6 Å². The van der Waals surface area contributed by atoms with Crippen molar-refractivity contribution < 1.29 is 23.5 Å². The van der Waals surface area contributed by atoms with E-state index in [2.05, 4.69) is 5.32 Å². The molecule has 0 saturated carbocycles. The van der Waals surface area contributed by atoms with E-state index >= 15 is 0 Å². The van der Waals surface area contributed by atoms with Crippen LogP contribution in [0.5, 0.6) is 5.75 Å². The van der Waals surface area contributed by atoms with E-state index in [-0.39, 0.29) is 23.9 Å². The van der Waals surface area contributed by atoms with Crippen LogP contribution in [0.25, 0.3) is 6.08 Å². The molecule has 0 aromatic heterocycles. The summed E-state index contributed by atoms with van der Waals surface area (Å²) < 4.78 is 18.8. The Balaban J connectivity index is 1.38. The monoisotopic (exact) mass is 490 g/mol. The summed E-state index contributed by atoms with van der Waals surface area (Å²) in [4.78, 5) is 38.8. The van der Waals surface area contributed by atoms with Crippen molar-refractivity contribution in [2.24, 2.45) is 0 Å². The number of thioether (sulfide) groups is 1. The molecule has 0 radical (unpaired) electrons. The second-order valence-corrected chi connectivity index (χ2v) is 8.85. The molecule has 3 aromatic rings. The van der Waals surface area contributed by atoms with Gasteiger partial charge in [0.1, 0.15) is 24.7 Å². The zero-order valence-electron chi connectivity index (χ0n) is 19.0. The number of aryl methyl sites for hydroxylation is 1. The molecule has 4 rings (SSSR count). The highest BCUT2D eigenvalue weighted by Crippen LogP contribution is 2.32. The predicted octanol–water partition coefficient (Wildman–Crippen LogP) is 5.64. The second-order valence-electron chi connectivity index (χ2n) is 7.85. The van der Waals surface area contributed by atoms with Crippen molar-refractivity contribution >= 4 is 40.6 Å². The first-order valence-electron chi connectivity index (χ1n) is 11.0. The number of hydrogen-bond acceptors (Lipinski definition) is 5. The number of imide groups is 1. The molecule has 178 valence electrons. The maximum absolute atomic E-state index is 13.1. The summed E-state index contributed by atoms with van der Waals surface area (Å²) in [6.07, 6.45) is 2.48. The molecule has 0 atom stereocenters. The SMILES string of the molecule is CCc1ccc(NC(=O)CN2C(=O)S/C(=C/c3cccc(OCc4ccc(F)cc4)c3)C2=O)cc1. The molecule has 1 fully saturated rings. The van der Waals surface area contributed by atoms with Crippen LogP contribution in [0, 0.1) is 5.82 Å². The number of carbonyl (C=O) groups is 3. The number of amides is 3. The Labute approximate surface area is 206 Å². The molecule has 3 amide bonds. The van der Waals surface area contributed by atoms with Gasteiger partial charge in [-0.2, -0.15) is 0 Å². The van der Waals surface area contributed by atoms with Gasteiger partial charge in [0.2, 0.25) is 5.91 Å². The van der Waals surface area contributed by atoms with Crippen molar-refractivity contribution in [3.63, 3.8) is 0 Å². The van der Waals surface area contributed by atoms with Crippen LogP contribution >= 0.6 is 11.8 Å². The van der Waals surface area contributed by atoms with E-state index in [1.54, 1.807) is 54.6 Å². The molecule has 0 unspecified atom stereocenters. The highest BCUT2D eigenvalue weighted by atomic mass is 32.2. The summed E-state index contributed by atoms with van der Waals surface area (Å²) in [6.45, 7) is 1.94. The molecule has 1 N–H and O–H groups in total. The van der Waals surface area contributed by atoms with Crippen LogP contribution in [0.4, 0.5) is 14.9 Å². The van der Waals surface area contributed by atoms with E-state index in [0.29, 0.717) is 17.0 Å². The lowest BCUT2D eigenvalue weighted by atomic mass is 10.1. The van der Waals surface area contributed by atoms with Gasteiger partial charge in [-0.1, -0.05) is 43.3 Å². The van der Waals surface area contributed by atoms with E-state index in [4.69, 9.17) is 4.74 Å². The van der Waals surface area contributed by atoms with Gasteiger partial charge in [0.25, 0.3) is 11.1 Å². The minimum Gasteiger partial charge on any atom is -0.489 e. The zero-order valence-corrected chi connectivity index (χ0v) is 19.8. The summed E-state index contributed by atoms with van der Waals surface area (Å²) in [5.74, 6) is -0.716. The van der Waals surface area contributed by atoms with Crippen molar-refractivity contribution in [2.45, 2.75) is 20.0 Å². The molecule has 0 spiro atoms. The van der Waals surface area contributed by atoms with E-state index in [0.717, 1.165) is 34.2 Å². The smallest absolute Gasteiger partial charge is 0.294 e. The Kier molecular flexibility index (Phi) is 7.62. The quantitative estimate of drug-likeness (QED) is 0.414. The number of benzene rings is 3. The fourth-order valence-electron chi connectivity index (χ4n) is 3.40. The summed E-state index contributed by atoms with van der Waals surface area (Å²) in [6, 6.07) is 20.5. The fourth-order valence-corrected chi connectivity index (χ4v) is 4.24.